The van der Waals surface area contributed by atoms with Gasteiger partial charge in [-0.15, -0.1) is 0 Å². The second-order valence-electron chi connectivity index (χ2n) is 5.83. The first-order valence-corrected chi connectivity index (χ1v) is 7.68. The molecular formula is C14H16F3N3O7. The number of alkyl carbamates (subject to hydrolysis) is 1. The van der Waals surface area contributed by atoms with E-state index in [-0.39, 0.29) is 36.2 Å². The molecule has 0 radical (unpaired) electrons. The summed E-state index contributed by atoms with van der Waals surface area (Å²) in [5.74, 6) is -4.17. The standard InChI is InChI=1S/C12H15N3O5.C2HF3O2/c1-13-12(19)20-4-6-5-2-3-14-7-8(5)15(10(7)16)9(6)11(17)18;3-2(4,5)1(6)7/h5,7-8,14H,2-4H2,1H3,(H,13,19)(H,17,18);(H,6,7)/t5?,7-,8+;/m0./s1. The fourth-order valence-electron chi connectivity index (χ4n) is 3.30. The molecule has 2 amide bonds. The van der Waals surface area contributed by atoms with Crippen LogP contribution >= 0.6 is 0 Å². The molecule has 3 atom stereocenters. The number of carboxylic acids is 2. The molecule has 3 heterocycles. The van der Waals surface area contributed by atoms with E-state index in [2.05, 4.69) is 10.6 Å². The number of β-lactam (4-membered cyclic amide) rings is 1. The Labute approximate surface area is 149 Å². The average Bonchev–Trinajstić information content (AvgIpc) is 2.92. The molecule has 4 N–H and O–H groups in total. The van der Waals surface area contributed by atoms with Crippen LogP contribution in [0.5, 0.6) is 0 Å². The SMILES string of the molecule is CNC(=O)OCC1=C(C(=O)O)N2C(=O)[C@H]3NCCC1[C@H]32.O=C(O)C(F)(F)F. The summed E-state index contributed by atoms with van der Waals surface area (Å²) in [6.07, 6.45) is -4.97. The third-order valence-electron chi connectivity index (χ3n) is 4.38. The van der Waals surface area contributed by atoms with Gasteiger partial charge in [0.05, 0.1) is 6.04 Å². The molecule has 2 fully saturated rings. The van der Waals surface area contributed by atoms with E-state index in [0.717, 1.165) is 6.42 Å². The molecule has 10 nitrogen and oxygen atoms in total. The van der Waals surface area contributed by atoms with E-state index in [1.54, 1.807) is 0 Å². The number of nitrogens with zero attached hydrogens (tertiary/aromatic N) is 1. The molecule has 3 aliphatic heterocycles. The van der Waals surface area contributed by atoms with Crippen LogP contribution in [0.2, 0.25) is 0 Å². The summed E-state index contributed by atoms with van der Waals surface area (Å²) in [5, 5.41) is 21.9. The predicted molar refractivity (Wildman–Crippen MR) is 79.3 cm³/mol. The van der Waals surface area contributed by atoms with Crippen LogP contribution in [0.1, 0.15) is 6.42 Å². The van der Waals surface area contributed by atoms with Crippen molar-refractivity contribution < 1.29 is 47.3 Å². The molecule has 13 heteroatoms. The van der Waals surface area contributed by atoms with Gasteiger partial charge in [-0.05, 0) is 13.0 Å². The summed E-state index contributed by atoms with van der Waals surface area (Å²) >= 11 is 0. The predicted octanol–water partition coefficient (Wildman–Crippen LogP) is -0.483. The van der Waals surface area contributed by atoms with Crippen molar-refractivity contribution >= 4 is 23.9 Å². The lowest BCUT2D eigenvalue weighted by Gasteiger charge is -2.48. The van der Waals surface area contributed by atoms with E-state index in [1.807, 2.05) is 0 Å². The van der Waals surface area contributed by atoms with Crippen molar-refractivity contribution in [3.63, 3.8) is 0 Å². The van der Waals surface area contributed by atoms with Crippen LogP contribution in [0.3, 0.4) is 0 Å². The zero-order valence-electron chi connectivity index (χ0n) is 13.9. The van der Waals surface area contributed by atoms with Crippen LogP contribution in [0.25, 0.3) is 0 Å². The maximum Gasteiger partial charge on any atom is 0.490 e. The molecule has 0 aromatic carbocycles. The van der Waals surface area contributed by atoms with Gasteiger partial charge < -0.3 is 25.6 Å². The van der Waals surface area contributed by atoms with Gasteiger partial charge in [0.15, 0.2) is 0 Å². The van der Waals surface area contributed by atoms with Crippen molar-refractivity contribution in [2.45, 2.75) is 24.7 Å². The van der Waals surface area contributed by atoms with E-state index >= 15 is 0 Å². The van der Waals surface area contributed by atoms with Gasteiger partial charge in [-0.1, -0.05) is 0 Å². The number of halogens is 3. The van der Waals surface area contributed by atoms with Gasteiger partial charge >= 0.3 is 24.2 Å². The average molecular weight is 395 g/mol. The van der Waals surface area contributed by atoms with Crippen LogP contribution < -0.4 is 10.6 Å². The van der Waals surface area contributed by atoms with Crippen molar-refractivity contribution in [3.8, 4) is 0 Å². The monoisotopic (exact) mass is 395 g/mol. The lowest BCUT2D eigenvalue weighted by atomic mass is 9.79. The molecule has 27 heavy (non-hydrogen) atoms. The first-order chi connectivity index (χ1) is 12.5. The number of nitrogens with one attached hydrogen (secondary N) is 2. The summed E-state index contributed by atoms with van der Waals surface area (Å²) in [5.41, 5.74) is 0.511. The Balaban J connectivity index is 0.000000321. The van der Waals surface area contributed by atoms with Crippen LogP contribution in [0.15, 0.2) is 11.3 Å². The Morgan fingerprint density at radius 3 is 2.41 bits per heavy atom. The Hall–Kier alpha value is -2.83. The number of piperidine rings is 1. The largest absolute Gasteiger partial charge is 0.490 e. The van der Waals surface area contributed by atoms with Gasteiger partial charge in [0.25, 0.3) is 0 Å². The van der Waals surface area contributed by atoms with Gasteiger partial charge in [-0.3, -0.25) is 9.69 Å². The maximum absolute atomic E-state index is 12.0. The first-order valence-electron chi connectivity index (χ1n) is 7.68. The van der Waals surface area contributed by atoms with Crippen LogP contribution in [0, 0.1) is 5.92 Å². The molecular weight excluding hydrogens is 379 g/mol. The number of hydrogen-bond donors (Lipinski definition) is 4. The highest BCUT2D eigenvalue weighted by Gasteiger charge is 2.61. The summed E-state index contributed by atoms with van der Waals surface area (Å²) in [7, 11) is 1.43. The smallest absolute Gasteiger partial charge is 0.477 e. The Morgan fingerprint density at radius 2 is 1.93 bits per heavy atom. The zero-order chi connectivity index (χ0) is 20.5. The molecule has 2 saturated heterocycles. The molecule has 0 aliphatic carbocycles. The molecule has 0 bridgehead atoms. The summed E-state index contributed by atoms with van der Waals surface area (Å²) < 4.78 is 36.7. The minimum atomic E-state index is -5.08. The molecule has 1 unspecified atom stereocenters. The maximum atomic E-state index is 12.0. The molecule has 0 aromatic rings. The number of amides is 2. The quantitative estimate of drug-likeness (QED) is 0.469. The normalized spacial score (nSPS) is 25.7. The summed E-state index contributed by atoms with van der Waals surface area (Å²) in [6.45, 7) is 0.556. The van der Waals surface area contributed by atoms with Gasteiger partial charge in [-0.25, -0.2) is 14.4 Å². The fourth-order valence-corrected chi connectivity index (χ4v) is 3.30. The summed E-state index contributed by atoms with van der Waals surface area (Å²) in [6, 6.07) is -0.453. The lowest BCUT2D eigenvalue weighted by Crippen LogP contribution is -2.72. The fraction of sp³-hybridized carbons (Fsp3) is 0.571. The Bertz CT molecular complexity index is 707. The zero-order valence-corrected chi connectivity index (χ0v) is 13.9. The van der Waals surface area contributed by atoms with Crippen LogP contribution in [-0.2, 0) is 19.1 Å². The van der Waals surface area contributed by atoms with Crippen molar-refractivity contribution in [1.82, 2.24) is 15.5 Å². The molecule has 0 spiro atoms. The number of carbonyl (C=O) groups excluding carboxylic acids is 2. The minimum absolute atomic E-state index is 0.0196. The second-order valence-corrected chi connectivity index (χ2v) is 5.83. The topological polar surface area (TPSA) is 145 Å². The van der Waals surface area contributed by atoms with Gasteiger partial charge in [0, 0.05) is 18.5 Å². The highest BCUT2D eigenvalue weighted by molar-refractivity contribution is 6.01. The van der Waals surface area contributed by atoms with E-state index in [9.17, 15) is 32.7 Å². The lowest BCUT2D eigenvalue weighted by molar-refractivity contribution is -0.192. The molecule has 0 aromatic heterocycles. The molecule has 0 saturated carbocycles. The van der Waals surface area contributed by atoms with Gasteiger partial charge in [-0.2, -0.15) is 13.2 Å². The highest BCUT2D eigenvalue weighted by Crippen LogP contribution is 2.46. The van der Waals surface area contributed by atoms with Gasteiger partial charge in [0.1, 0.15) is 18.3 Å². The van der Waals surface area contributed by atoms with E-state index in [1.165, 1.54) is 11.9 Å². The van der Waals surface area contributed by atoms with Crippen molar-refractivity contribution in [1.29, 1.82) is 0 Å². The third-order valence-corrected chi connectivity index (χ3v) is 4.38. The number of hydrogen-bond acceptors (Lipinski definition) is 6. The number of carbonyl (C=O) groups is 4. The van der Waals surface area contributed by atoms with E-state index < -0.39 is 24.2 Å². The molecule has 3 aliphatic rings. The van der Waals surface area contributed by atoms with E-state index in [4.69, 9.17) is 14.6 Å². The summed E-state index contributed by atoms with van der Waals surface area (Å²) in [4.78, 5) is 44.8. The van der Waals surface area contributed by atoms with Crippen LogP contribution in [0.4, 0.5) is 18.0 Å². The Kier molecular flexibility index (Phi) is 5.63. The number of alkyl halides is 3. The number of aliphatic carboxylic acids is 2. The second kappa shape index (κ2) is 7.42. The minimum Gasteiger partial charge on any atom is -0.477 e. The van der Waals surface area contributed by atoms with Crippen molar-refractivity contribution in [3.05, 3.63) is 11.3 Å². The number of carboxylic acid groups (broad SMARTS) is 2. The number of ether oxygens (including phenoxy) is 1. The van der Waals surface area contributed by atoms with E-state index in [0.29, 0.717) is 12.1 Å². The van der Waals surface area contributed by atoms with Crippen LogP contribution in [-0.4, -0.2) is 77.5 Å². The number of rotatable bonds is 3. The molecule has 150 valence electrons. The Morgan fingerprint density at radius 1 is 1.33 bits per heavy atom. The van der Waals surface area contributed by atoms with Gasteiger partial charge in [0.2, 0.25) is 5.91 Å². The highest BCUT2D eigenvalue weighted by atomic mass is 19.4. The van der Waals surface area contributed by atoms with Crippen molar-refractivity contribution in [2.24, 2.45) is 5.92 Å². The molecule has 3 rings (SSSR count). The first kappa shape index (κ1) is 20.5. The van der Waals surface area contributed by atoms with Crippen molar-refractivity contribution in [2.75, 3.05) is 20.2 Å². The third kappa shape index (κ3) is 3.82.